The van der Waals surface area contributed by atoms with Crippen LogP contribution in [0.4, 0.5) is 5.00 Å². The van der Waals surface area contributed by atoms with Gasteiger partial charge in [-0.1, -0.05) is 17.8 Å². The normalized spacial score (nSPS) is 10.9. The van der Waals surface area contributed by atoms with Crippen LogP contribution in [0.25, 0.3) is 16.8 Å². The zero-order valence-electron chi connectivity index (χ0n) is 15.5. The van der Waals surface area contributed by atoms with Crippen molar-refractivity contribution in [3.8, 4) is 11.3 Å². The highest BCUT2D eigenvalue weighted by Crippen LogP contribution is 2.36. The number of fused-ring (bicyclic) bond motifs is 1. The summed E-state index contributed by atoms with van der Waals surface area (Å²) in [5, 5.41) is 5.76. The van der Waals surface area contributed by atoms with Gasteiger partial charge in [0, 0.05) is 17.1 Å². The quantitative estimate of drug-likeness (QED) is 0.344. The molecule has 0 saturated heterocycles. The van der Waals surface area contributed by atoms with Gasteiger partial charge >= 0.3 is 5.97 Å². The molecule has 0 aromatic carbocycles. The number of nitrogens with one attached hydrogen (secondary N) is 1. The molecule has 0 radical (unpaired) electrons. The van der Waals surface area contributed by atoms with E-state index in [1.54, 1.807) is 30.6 Å². The second-order valence-corrected chi connectivity index (χ2v) is 7.75. The van der Waals surface area contributed by atoms with Crippen LogP contribution in [-0.4, -0.2) is 33.6 Å². The number of thioether (sulfide) groups is 1. The molecule has 0 atom stereocenters. The van der Waals surface area contributed by atoms with Gasteiger partial charge in [0.15, 0.2) is 5.16 Å². The Kier molecular flexibility index (Phi) is 5.68. The molecule has 0 aliphatic rings. The minimum Gasteiger partial charge on any atom is -0.464 e. The second kappa shape index (κ2) is 8.54. The number of carbonyl (C=O) groups excluding carboxylic acids is 2. The summed E-state index contributed by atoms with van der Waals surface area (Å²) in [4.78, 5) is 29.4. The average Bonchev–Trinajstić information content (AvgIpc) is 3.46. The highest BCUT2D eigenvalue weighted by molar-refractivity contribution is 7.99. The summed E-state index contributed by atoms with van der Waals surface area (Å²) in [7, 11) is 0. The molecular weight excluding hydrogens is 410 g/mol. The zero-order chi connectivity index (χ0) is 20.2. The average molecular weight is 428 g/mol. The van der Waals surface area contributed by atoms with Gasteiger partial charge in [0.05, 0.1) is 30.3 Å². The topological polar surface area (TPSA) is 85.8 Å². The van der Waals surface area contributed by atoms with Crippen molar-refractivity contribution in [2.24, 2.45) is 0 Å². The van der Waals surface area contributed by atoms with Crippen molar-refractivity contribution in [3.05, 3.63) is 59.9 Å². The van der Waals surface area contributed by atoms with Gasteiger partial charge in [-0.05, 0) is 31.2 Å². The molecule has 9 heteroatoms. The van der Waals surface area contributed by atoms with Gasteiger partial charge in [-0.2, -0.15) is 0 Å². The fourth-order valence-electron chi connectivity index (χ4n) is 2.79. The Labute approximate surface area is 174 Å². The summed E-state index contributed by atoms with van der Waals surface area (Å²) >= 11 is 2.58. The number of ether oxygens (including phenoxy) is 1. The van der Waals surface area contributed by atoms with Crippen molar-refractivity contribution in [2.45, 2.75) is 12.1 Å². The van der Waals surface area contributed by atoms with Gasteiger partial charge in [0.1, 0.15) is 16.3 Å². The minimum atomic E-state index is -0.498. The van der Waals surface area contributed by atoms with Crippen molar-refractivity contribution >= 4 is 45.5 Å². The summed E-state index contributed by atoms with van der Waals surface area (Å²) < 4.78 is 12.5. The monoisotopic (exact) mass is 427 g/mol. The van der Waals surface area contributed by atoms with Crippen LogP contribution in [0.1, 0.15) is 17.3 Å². The molecule has 4 rings (SSSR count). The molecule has 4 aromatic rings. The summed E-state index contributed by atoms with van der Waals surface area (Å²) in [5.41, 5.74) is 1.86. The van der Waals surface area contributed by atoms with Crippen LogP contribution in [0.3, 0.4) is 0 Å². The zero-order valence-corrected chi connectivity index (χ0v) is 17.1. The van der Waals surface area contributed by atoms with E-state index in [0.717, 1.165) is 10.7 Å². The van der Waals surface area contributed by atoms with E-state index in [-0.39, 0.29) is 18.3 Å². The van der Waals surface area contributed by atoms with E-state index in [9.17, 15) is 9.59 Å². The first-order valence-corrected chi connectivity index (χ1v) is 10.7. The number of nitrogens with zero attached hydrogens (tertiary/aromatic N) is 2. The van der Waals surface area contributed by atoms with Crippen molar-refractivity contribution in [1.29, 1.82) is 0 Å². The van der Waals surface area contributed by atoms with Gasteiger partial charge in [-0.15, -0.1) is 11.3 Å². The molecule has 0 aliphatic heterocycles. The van der Waals surface area contributed by atoms with E-state index >= 15 is 0 Å². The number of anilines is 1. The number of furan rings is 1. The number of pyridine rings is 1. The summed E-state index contributed by atoms with van der Waals surface area (Å²) in [5.74, 6) is -0.0315. The Morgan fingerprint density at radius 3 is 3.00 bits per heavy atom. The molecule has 0 bridgehead atoms. The van der Waals surface area contributed by atoms with E-state index in [4.69, 9.17) is 9.15 Å². The Morgan fingerprint density at radius 1 is 1.31 bits per heavy atom. The number of thiophene rings is 1. The maximum Gasteiger partial charge on any atom is 0.341 e. The Morgan fingerprint density at radius 2 is 2.21 bits per heavy atom. The lowest BCUT2D eigenvalue weighted by Gasteiger charge is -2.07. The standard InChI is InChI=1S/C20H17N3O4S2/c1-2-26-19(25)17-14(15-7-5-9-27-15)11-28-18(17)22-16(24)12-29-20-21-10-13-6-3-4-8-23(13)20/h3-11H,2,12H2,1H3,(H,22,24). The van der Waals surface area contributed by atoms with Crippen LogP contribution in [0.2, 0.25) is 0 Å². The van der Waals surface area contributed by atoms with Crippen LogP contribution in [0.15, 0.2) is 63.9 Å². The van der Waals surface area contributed by atoms with E-state index in [2.05, 4.69) is 10.3 Å². The summed E-state index contributed by atoms with van der Waals surface area (Å²) in [6, 6.07) is 9.29. The van der Waals surface area contributed by atoms with E-state index in [1.807, 2.05) is 28.8 Å². The molecule has 0 unspecified atom stereocenters. The molecule has 1 N–H and O–H groups in total. The van der Waals surface area contributed by atoms with Crippen LogP contribution in [0.5, 0.6) is 0 Å². The third-order valence-corrected chi connectivity index (χ3v) is 5.91. The molecule has 0 spiro atoms. The van der Waals surface area contributed by atoms with Crippen molar-refractivity contribution in [2.75, 3.05) is 17.7 Å². The molecule has 0 fully saturated rings. The first-order chi connectivity index (χ1) is 14.2. The number of esters is 1. The maximum absolute atomic E-state index is 12.5. The molecule has 0 saturated carbocycles. The lowest BCUT2D eigenvalue weighted by molar-refractivity contribution is -0.113. The Balaban J connectivity index is 1.51. The van der Waals surface area contributed by atoms with Crippen LogP contribution < -0.4 is 5.32 Å². The predicted molar refractivity (Wildman–Crippen MR) is 113 cm³/mol. The molecule has 29 heavy (non-hydrogen) atoms. The van der Waals surface area contributed by atoms with E-state index in [0.29, 0.717) is 21.9 Å². The molecular formula is C20H17N3O4S2. The van der Waals surface area contributed by atoms with Crippen LogP contribution in [-0.2, 0) is 9.53 Å². The number of rotatable bonds is 7. The fourth-order valence-corrected chi connectivity index (χ4v) is 4.51. The highest BCUT2D eigenvalue weighted by Gasteiger charge is 2.24. The van der Waals surface area contributed by atoms with Gasteiger partial charge in [0.25, 0.3) is 0 Å². The van der Waals surface area contributed by atoms with Gasteiger partial charge < -0.3 is 14.5 Å². The number of aromatic nitrogens is 2. The molecule has 148 valence electrons. The Hall–Kier alpha value is -3.04. The van der Waals surface area contributed by atoms with Gasteiger partial charge in [0.2, 0.25) is 5.91 Å². The van der Waals surface area contributed by atoms with E-state index in [1.165, 1.54) is 29.4 Å². The first-order valence-electron chi connectivity index (χ1n) is 8.84. The SMILES string of the molecule is CCOC(=O)c1c(-c2ccco2)csc1NC(=O)CSc1ncc2ccccn12. The molecule has 4 heterocycles. The highest BCUT2D eigenvalue weighted by atomic mass is 32.2. The summed E-state index contributed by atoms with van der Waals surface area (Å²) in [6.45, 7) is 1.98. The Bertz CT molecular complexity index is 1150. The van der Waals surface area contributed by atoms with Crippen LogP contribution >= 0.6 is 23.1 Å². The third-order valence-electron chi connectivity index (χ3n) is 4.05. The number of carbonyl (C=O) groups is 2. The lowest BCUT2D eigenvalue weighted by atomic mass is 10.1. The van der Waals surface area contributed by atoms with E-state index < -0.39 is 5.97 Å². The van der Waals surface area contributed by atoms with Gasteiger partial charge in [-0.25, -0.2) is 9.78 Å². The predicted octanol–water partition coefficient (Wildman–Crippen LogP) is 4.56. The number of hydrogen-bond acceptors (Lipinski definition) is 7. The summed E-state index contributed by atoms with van der Waals surface area (Å²) in [6.07, 6.45) is 5.19. The fraction of sp³-hybridized carbons (Fsp3) is 0.150. The second-order valence-electron chi connectivity index (χ2n) is 5.92. The van der Waals surface area contributed by atoms with Crippen molar-refractivity contribution in [1.82, 2.24) is 9.38 Å². The molecule has 1 amide bonds. The van der Waals surface area contributed by atoms with Crippen LogP contribution in [0, 0.1) is 0 Å². The minimum absolute atomic E-state index is 0.157. The third kappa shape index (κ3) is 4.06. The smallest absolute Gasteiger partial charge is 0.341 e. The van der Waals surface area contributed by atoms with Gasteiger partial charge in [-0.3, -0.25) is 9.20 Å². The number of imidazole rings is 1. The largest absolute Gasteiger partial charge is 0.464 e. The first kappa shape index (κ1) is 19.3. The number of amides is 1. The molecule has 0 aliphatic carbocycles. The lowest BCUT2D eigenvalue weighted by Crippen LogP contribution is -2.16. The maximum atomic E-state index is 12.5. The molecule has 4 aromatic heterocycles. The van der Waals surface area contributed by atoms with Crippen molar-refractivity contribution in [3.63, 3.8) is 0 Å². The number of hydrogen-bond donors (Lipinski definition) is 1. The molecule has 7 nitrogen and oxygen atoms in total. The van der Waals surface area contributed by atoms with Crippen molar-refractivity contribution < 1.29 is 18.7 Å².